The van der Waals surface area contributed by atoms with Gasteiger partial charge >= 0.3 is 0 Å². The van der Waals surface area contributed by atoms with E-state index in [9.17, 15) is 9.59 Å². The second-order valence-corrected chi connectivity index (χ2v) is 6.52. The third kappa shape index (κ3) is 5.02. The number of hydrogen-bond acceptors (Lipinski definition) is 4. The molecule has 26 heavy (non-hydrogen) atoms. The summed E-state index contributed by atoms with van der Waals surface area (Å²) in [4.78, 5) is 31.1. The summed E-state index contributed by atoms with van der Waals surface area (Å²) in [6, 6.07) is 5.73. The first-order chi connectivity index (χ1) is 12.5. The summed E-state index contributed by atoms with van der Waals surface area (Å²) in [5.74, 6) is 0.111. The van der Waals surface area contributed by atoms with Gasteiger partial charge in [0.2, 0.25) is 5.91 Å². The summed E-state index contributed by atoms with van der Waals surface area (Å²) in [7, 11) is 0. The van der Waals surface area contributed by atoms with Crippen LogP contribution in [0.15, 0.2) is 35.4 Å². The molecule has 0 saturated heterocycles. The Kier molecular flexibility index (Phi) is 7.09. The Balaban J connectivity index is 2.10. The van der Waals surface area contributed by atoms with Crippen molar-refractivity contribution < 1.29 is 4.79 Å². The lowest BCUT2D eigenvalue weighted by Crippen LogP contribution is -2.34. The summed E-state index contributed by atoms with van der Waals surface area (Å²) in [6.45, 7) is 11.6. The number of carbonyl (C=O) groups is 1. The first-order valence-electron chi connectivity index (χ1n) is 9.15. The maximum atomic E-state index is 12.6. The van der Waals surface area contributed by atoms with Gasteiger partial charge in [-0.1, -0.05) is 33.8 Å². The zero-order valence-electron chi connectivity index (χ0n) is 16.0. The van der Waals surface area contributed by atoms with E-state index in [1.165, 1.54) is 23.2 Å². The van der Waals surface area contributed by atoms with E-state index in [1.807, 2.05) is 18.2 Å². The highest BCUT2D eigenvalue weighted by Gasteiger charge is 2.06. The molecule has 6 nitrogen and oxygen atoms in total. The quantitative estimate of drug-likeness (QED) is 0.738. The predicted octanol–water partition coefficient (Wildman–Crippen LogP) is 2.45. The molecule has 1 aromatic carbocycles. The van der Waals surface area contributed by atoms with Crippen molar-refractivity contribution in [1.82, 2.24) is 19.8 Å². The number of likely N-dealkylation sites (N-methyl/N-ethyl adjacent to an activating group) is 1. The van der Waals surface area contributed by atoms with Crippen molar-refractivity contribution in [3.05, 3.63) is 46.5 Å². The maximum Gasteiger partial charge on any atom is 0.265 e. The van der Waals surface area contributed by atoms with Gasteiger partial charge in [-0.2, -0.15) is 0 Å². The molecule has 1 N–H and O–H groups in total. The molecule has 0 saturated carbocycles. The molecular weight excluding hydrogens is 328 g/mol. The van der Waals surface area contributed by atoms with Gasteiger partial charge in [0.25, 0.3) is 5.56 Å². The molecule has 1 aromatic heterocycles. The van der Waals surface area contributed by atoms with E-state index in [4.69, 9.17) is 0 Å². The molecular formula is C20H28N4O2. The maximum absolute atomic E-state index is 12.6. The van der Waals surface area contributed by atoms with Crippen LogP contribution in [-0.2, 0) is 4.79 Å². The van der Waals surface area contributed by atoms with Crippen LogP contribution in [0.25, 0.3) is 17.1 Å². The number of carbonyl (C=O) groups excluding carboxylic acids is 1. The second-order valence-electron chi connectivity index (χ2n) is 6.52. The summed E-state index contributed by atoms with van der Waals surface area (Å²) in [6.07, 6.45) is 4.27. The highest BCUT2D eigenvalue weighted by atomic mass is 16.1. The van der Waals surface area contributed by atoms with Crippen LogP contribution in [0.1, 0.15) is 39.2 Å². The van der Waals surface area contributed by atoms with Gasteiger partial charge in [-0.15, -0.1) is 0 Å². The van der Waals surface area contributed by atoms with Gasteiger partial charge in [0.1, 0.15) is 6.33 Å². The van der Waals surface area contributed by atoms with Crippen LogP contribution in [0.4, 0.5) is 0 Å². The fourth-order valence-corrected chi connectivity index (χ4v) is 2.70. The number of nitrogens with zero attached hydrogens (tertiary/aromatic N) is 3. The molecule has 0 aliphatic rings. The van der Waals surface area contributed by atoms with Crippen LogP contribution in [0.3, 0.4) is 0 Å². The van der Waals surface area contributed by atoms with Crippen LogP contribution in [0.2, 0.25) is 0 Å². The van der Waals surface area contributed by atoms with Crippen LogP contribution in [0.5, 0.6) is 0 Å². The smallest absolute Gasteiger partial charge is 0.265 e. The molecule has 0 bridgehead atoms. The zero-order chi connectivity index (χ0) is 19.1. The summed E-state index contributed by atoms with van der Waals surface area (Å²) in [5, 5.41) is 3.39. The monoisotopic (exact) mass is 356 g/mol. The normalized spacial score (nSPS) is 11.8. The van der Waals surface area contributed by atoms with E-state index in [1.54, 1.807) is 0 Å². The van der Waals surface area contributed by atoms with Crippen LogP contribution in [0, 0.1) is 0 Å². The average molecular weight is 356 g/mol. The SMILES string of the molecule is CCN(CC)CCNC(=O)C=Cn1cnc2ccc(C(C)C)cc2c1=O. The van der Waals surface area contributed by atoms with E-state index in [0.717, 1.165) is 25.2 Å². The van der Waals surface area contributed by atoms with Gasteiger partial charge < -0.3 is 10.2 Å². The van der Waals surface area contributed by atoms with E-state index >= 15 is 0 Å². The molecule has 0 aliphatic carbocycles. The Morgan fingerprint density at radius 3 is 2.69 bits per heavy atom. The van der Waals surface area contributed by atoms with Gasteiger partial charge in [0, 0.05) is 25.4 Å². The van der Waals surface area contributed by atoms with Crippen molar-refractivity contribution in [2.24, 2.45) is 0 Å². The van der Waals surface area contributed by atoms with E-state index in [2.05, 4.69) is 42.9 Å². The molecule has 0 spiro atoms. The number of nitrogens with one attached hydrogen (secondary N) is 1. The van der Waals surface area contributed by atoms with Crippen molar-refractivity contribution in [2.75, 3.05) is 26.2 Å². The van der Waals surface area contributed by atoms with E-state index in [-0.39, 0.29) is 11.5 Å². The Labute approximate surface area is 154 Å². The summed E-state index contributed by atoms with van der Waals surface area (Å²) in [5.41, 5.74) is 1.57. The lowest BCUT2D eigenvalue weighted by Gasteiger charge is -2.17. The van der Waals surface area contributed by atoms with Crippen LogP contribution < -0.4 is 10.9 Å². The molecule has 0 atom stereocenters. The van der Waals surface area contributed by atoms with E-state index in [0.29, 0.717) is 23.4 Å². The number of amides is 1. The fraction of sp³-hybridized carbons (Fsp3) is 0.450. The molecule has 2 rings (SSSR count). The predicted molar refractivity (Wildman–Crippen MR) is 106 cm³/mol. The molecule has 2 aromatic rings. The van der Waals surface area contributed by atoms with Gasteiger partial charge in [-0.05, 0) is 36.7 Å². The third-order valence-corrected chi connectivity index (χ3v) is 4.48. The number of aromatic nitrogens is 2. The Hall–Kier alpha value is -2.47. The minimum absolute atomic E-state index is 0.176. The highest BCUT2D eigenvalue weighted by molar-refractivity contribution is 5.90. The molecule has 0 radical (unpaired) electrons. The Morgan fingerprint density at radius 2 is 2.04 bits per heavy atom. The average Bonchev–Trinajstić information content (AvgIpc) is 2.64. The molecule has 0 aliphatic heterocycles. The van der Waals surface area contributed by atoms with Gasteiger partial charge in [-0.25, -0.2) is 4.98 Å². The standard InChI is InChI=1S/C20H28N4O2/c1-5-23(6-2)12-10-21-19(25)9-11-24-14-22-18-8-7-16(15(3)4)13-17(18)20(24)26/h7-9,11,13-15H,5-6,10,12H2,1-4H3,(H,21,25). The van der Waals surface area contributed by atoms with Crippen LogP contribution in [-0.4, -0.2) is 46.5 Å². The number of benzene rings is 1. The fourth-order valence-electron chi connectivity index (χ4n) is 2.70. The van der Waals surface area contributed by atoms with Crippen molar-refractivity contribution in [3.8, 4) is 0 Å². The molecule has 1 heterocycles. The third-order valence-electron chi connectivity index (χ3n) is 4.48. The minimum Gasteiger partial charge on any atom is -0.351 e. The minimum atomic E-state index is -0.222. The first-order valence-corrected chi connectivity index (χ1v) is 9.15. The Bertz CT molecular complexity index is 835. The van der Waals surface area contributed by atoms with Gasteiger partial charge in [-0.3, -0.25) is 14.2 Å². The van der Waals surface area contributed by atoms with Crippen LogP contribution >= 0.6 is 0 Å². The van der Waals surface area contributed by atoms with E-state index < -0.39 is 0 Å². The molecule has 0 fully saturated rings. The lowest BCUT2D eigenvalue weighted by atomic mass is 10.0. The lowest BCUT2D eigenvalue weighted by molar-refractivity contribution is -0.116. The van der Waals surface area contributed by atoms with Gasteiger partial charge in [0.15, 0.2) is 0 Å². The molecule has 140 valence electrons. The number of fused-ring (bicyclic) bond motifs is 1. The van der Waals surface area contributed by atoms with Crippen molar-refractivity contribution in [2.45, 2.75) is 33.6 Å². The van der Waals surface area contributed by atoms with Crippen molar-refractivity contribution in [1.29, 1.82) is 0 Å². The Morgan fingerprint density at radius 1 is 1.31 bits per heavy atom. The zero-order valence-corrected chi connectivity index (χ0v) is 16.0. The topological polar surface area (TPSA) is 67.2 Å². The van der Waals surface area contributed by atoms with Crippen molar-refractivity contribution in [3.63, 3.8) is 0 Å². The second kappa shape index (κ2) is 9.29. The summed E-state index contributed by atoms with van der Waals surface area (Å²) < 4.78 is 1.34. The largest absolute Gasteiger partial charge is 0.351 e. The van der Waals surface area contributed by atoms with Crippen molar-refractivity contribution >= 4 is 23.0 Å². The van der Waals surface area contributed by atoms with Gasteiger partial charge in [0.05, 0.1) is 10.9 Å². The highest BCUT2D eigenvalue weighted by Crippen LogP contribution is 2.17. The first kappa shape index (κ1) is 19.8. The number of rotatable bonds is 8. The summed E-state index contributed by atoms with van der Waals surface area (Å²) >= 11 is 0. The molecule has 6 heteroatoms. The number of hydrogen-bond donors (Lipinski definition) is 1. The molecule has 0 unspecified atom stereocenters. The molecule has 1 amide bonds.